The lowest BCUT2D eigenvalue weighted by Gasteiger charge is -2.14. The number of esters is 1. The molecule has 8 nitrogen and oxygen atoms in total. The first-order valence-electron chi connectivity index (χ1n) is 7.08. The van der Waals surface area contributed by atoms with Crippen molar-refractivity contribution in [2.24, 2.45) is 5.73 Å². The lowest BCUT2D eigenvalue weighted by atomic mass is 10.2. The maximum atomic E-state index is 12.7. The van der Waals surface area contributed by atoms with Crippen molar-refractivity contribution in [1.29, 1.82) is 0 Å². The van der Waals surface area contributed by atoms with Crippen molar-refractivity contribution in [3.05, 3.63) is 52.5 Å². The van der Waals surface area contributed by atoms with E-state index in [-0.39, 0.29) is 32.5 Å². The lowest BCUT2D eigenvalue weighted by Crippen LogP contribution is -2.19. The molecule has 0 aliphatic heterocycles. The van der Waals surface area contributed by atoms with Gasteiger partial charge < -0.3 is 15.2 Å². The molecule has 0 saturated heterocycles. The molecule has 2 aromatic rings. The normalized spacial score (nSPS) is 10.9. The highest BCUT2D eigenvalue weighted by Gasteiger charge is 2.23. The Morgan fingerprint density at radius 3 is 2.38 bits per heavy atom. The van der Waals surface area contributed by atoms with Gasteiger partial charge in [-0.3, -0.25) is 9.52 Å². The monoisotopic (exact) mass is 398 g/mol. The summed E-state index contributed by atoms with van der Waals surface area (Å²) in [4.78, 5) is 22.8. The highest BCUT2D eigenvalue weighted by atomic mass is 35.5. The van der Waals surface area contributed by atoms with Gasteiger partial charge in [0.05, 0.1) is 31.0 Å². The van der Waals surface area contributed by atoms with Crippen LogP contribution in [-0.4, -0.2) is 34.5 Å². The molecule has 0 radical (unpaired) electrons. The van der Waals surface area contributed by atoms with Gasteiger partial charge >= 0.3 is 5.97 Å². The first-order valence-corrected chi connectivity index (χ1v) is 8.94. The van der Waals surface area contributed by atoms with E-state index in [2.05, 4.69) is 9.46 Å². The van der Waals surface area contributed by atoms with E-state index in [1.807, 2.05) is 0 Å². The number of rotatable bonds is 6. The van der Waals surface area contributed by atoms with Crippen LogP contribution in [0.3, 0.4) is 0 Å². The van der Waals surface area contributed by atoms with Crippen LogP contribution in [0.4, 0.5) is 5.69 Å². The minimum Gasteiger partial charge on any atom is -0.495 e. The molecule has 0 saturated carbocycles. The van der Waals surface area contributed by atoms with Crippen LogP contribution in [0.2, 0.25) is 5.02 Å². The predicted octanol–water partition coefficient (Wildman–Crippen LogP) is 2.03. The van der Waals surface area contributed by atoms with E-state index in [1.54, 1.807) is 0 Å². The molecule has 0 heterocycles. The fraction of sp³-hybridized carbons (Fsp3) is 0.125. The zero-order chi connectivity index (χ0) is 19.5. The number of nitrogens with one attached hydrogen (secondary N) is 1. The number of hydrogen-bond acceptors (Lipinski definition) is 6. The maximum Gasteiger partial charge on any atom is 0.337 e. The van der Waals surface area contributed by atoms with Gasteiger partial charge in [-0.2, -0.15) is 0 Å². The number of halogens is 1. The molecule has 0 aliphatic rings. The second kappa shape index (κ2) is 7.63. The Bertz CT molecular complexity index is 975. The minimum atomic E-state index is -4.17. The van der Waals surface area contributed by atoms with Crippen molar-refractivity contribution < 1.29 is 27.5 Å². The third kappa shape index (κ3) is 4.06. The van der Waals surface area contributed by atoms with Crippen LogP contribution in [0.5, 0.6) is 5.75 Å². The summed E-state index contributed by atoms with van der Waals surface area (Å²) in [6, 6.07) is 7.66. The van der Waals surface area contributed by atoms with E-state index in [0.29, 0.717) is 0 Å². The van der Waals surface area contributed by atoms with Crippen LogP contribution in [0.25, 0.3) is 0 Å². The number of primary amides is 1. The summed E-state index contributed by atoms with van der Waals surface area (Å²) < 4.78 is 37.3. The van der Waals surface area contributed by atoms with E-state index >= 15 is 0 Å². The first kappa shape index (κ1) is 19.5. The zero-order valence-corrected chi connectivity index (χ0v) is 15.3. The summed E-state index contributed by atoms with van der Waals surface area (Å²) in [7, 11) is -1.72. The zero-order valence-electron chi connectivity index (χ0n) is 13.8. The summed E-state index contributed by atoms with van der Waals surface area (Å²) in [5, 5.41) is 0.209. The molecule has 0 fully saturated rings. The van der Waals surface area contributed by atoms with Crippen LogP contribution in [0.1, 0.15) is 20.7 Å². The SMILES string of the molecule is COC(=O)c1ccc(S(=O)(=O)Nc2cc(Cl)ccc2C(N)=O)c(OC)c1. The Morgan fingerprint density at radius 2 is 1.81 bits per heavy atom. The number of anilines is 1. The molecule has 0 unspecified atom stereocenters. The van der Waals surface area contributed by atoms with E-state index in [0.717, 1.165) is 0 Å². The van der Waals surface area contributed by atoms with Gasteiger partial charge in [-0.1, -0.05) is 11.6 Å². The van der Waals surface area contributed by atoms with Crippen LogP contribution < -0.4 is 15.2 Å². The number of amides is 1. The van der Waals surface area contributed by atoms with Crippen molar-refractivity contribution in [3.8, 4) is 5.75 Å². The number of benzene rings is 2. The van der Waals surface area contributed by atoms with Crippen molar-refractivity contribution in [1.82, 2.24) is 0 Å². The van der Waals surface area contributed by atoms with Gasteiger partial charge in [-0.05, 0) is 36.4 Å². The molecule has 26 heavy (non-hydrogen) atoms. The first-order chi connectivity index (χ1) is 12.2. The van der Waals surface area contributed by atoms with Crippen molar-refractivity contribution in [3.63, 3.8) is 0 Å². The molecule has 0 aliphatic carbocycles. The number of methoxy groups -OCH3 is 2. The Kier molecular flexibility index (Phi) is 5.73. The highest BCUT2D eigenvalue weighted by Crippen LogP contribution is 2.29. The van der Waals surface area contributed by atoms with Gasteiger partial charge in [0.25, 0.3) is 15.9 Å². The topological polar surface area (TPSA) is 125 Å². The second-order valence-electron chi connectivity index (χ2n) is 5.02. The number of carbonyl (C=O) groups is 2. The van der Waals surface area contributed by atoms with E-state index < -0.39 is 21.9 Å². The van der Waals surface area contributed by atoms with Crippen LogP contribution in [-0.2, 0) is 14.8 Å². The molecule has 3 N–H and O–H groups in total. The van der Waals surface area contributed by atoms with Crippen molar-refractivity contribution >= 4 is 39.2 Å². The molecule has 138 valence electrons. The van der Waals surface area contributed by atoms with Gasteiger partial charge in [0.2, 0.25) is 0 Å². The summed E-state index contributed by atoms with van der Waals surface area (Å²) in [6.07, 6.45) is 0. The standard InChI is InChI=1S/C16H15ClN2O6S/c1-24-13-7-9(16(21)25-2)3-6-14(13)26(22,23)19-12-8-10(17)4-5-11(12)15(18)20/h3-8,19H,1-2H3,(H2,18,20). The fourth-order valence-corrected chi connectivity index (χ4v) is 3.54. The Balaban J connectivity index is 2.50. The summed E-state index contributed by atoms with van der Waals surface area (Å²) in [6.45, 7) is 0. The van der Waals surface area contributed by atoms with E-state index in [4.69, 9.17) is 22.1 Å². The number of sulfonamides is 1. The summed E-state index contributed by atoms with van der Waals surface area (Å²) in [5.41, 5.74) is 5.24. The molecule has 0 aromatic heterocycles. The van der Waals surface area contributed by atoms with Crippen LogP contribution >= 0.6 is 11.6 Å². The quantitative estimate of drug-likeness (QED) is 0.717. The molecule has 2 rings (SSSR count). The Labute approximate surface area is 154 Å². The molecular formula is C16H15ClN2O6S. The number of hydrogen-bond donors (Lipinski definition) is 2. The number of nitrogens with two attached hydrogens (primary N) is 1. The molecule has 1 amide bonds. The van der Waals surface area contributed by atoms with Gasteiger partial charge in [0, 0.05) is 5.02 Å². The Morgan fingerprint density at radius 1 is 1.12 bits per heavy atom. The summed E-state index contributed by atoms with van der Waals surface area (Å²) in [5.74, 6) is -1.55. The van der Waals surface area contributed by atoms with Gasteiger partial charge in [0.15, 0.2) is 0 Å². The largest absolute Gasteiger partial charge is 0.495 e. The van der Waals surface area contributed by atoms with Crippen molar-refractivity contribution in [2.45, 2.75) is 4.90 Å². The highest BCUT2D eigenvalue weighted by molar-refractivity contribution is 7.92. The number of carbonyl (C=O) groups excluding carboxylic acids is 2. The summed E-state index contributed by atoms with van der Waals surface area (Å²) >= 11 is 5.86. The van der Waals surface area contributed by atoms with Gasteiger partial charge in [0.1, 0.15) is 10.6 Å². The average Bonchev–Trinajstić information content (AvgIpc) is 2.59. The second-order valence-corrected chi connectivity index (χ2v) is 7.10. The van der Waals surface area contributed by atoms with Crippen LogP contribution in [0, 0.1) is 0 Å². The van der Waals surface area contributed by atoms with E-state index in [9.17, 15) is 18.0 Å². The molecular weight excluding hydrogens is 384 g/mol. The van der Waals surface area contributed by atoms with Crippen molar-refractivity contribution in [2.75, 3.05) is 18.9 Å². The third-order valence-corrected chi connectivity index (χ3v) is 5.01. The third-order valence-electron chi connectivity index (χ3n) is 3.37. The molecule has 0 spiro atoms. The maximum absolute atomic E-state index is 12.7. The molecule has 2 aromatic carbocycles. The van der Waals surface area contributed by atoms with Crippen LogP contribution in [0.15, 0.2) is 41.3 Å². The number of ether oxygens (including phenoxy) is 2. The smallest absolute Gasteiger partial charge is 0.337 e. The Hall–Kier alpha value is -2.78. The molecule has 0 bridgehead atoms. The van der Waals surface area contributed by atoms with Gasteiger partial charge in [-0.25, -0.2) is 13.2 Å². The fourth-order valence-electron chi connectivity index (χ4n) is 2.15. The lowest BCUT2D eigenvalue weighted by molar-refractivity contribution is 0.0600. The minimum absolute atomic E-state index is 0.0527. The predicted molar refractivity (Wildman–Crippen MR) is 95.1 cm³/mol. The average molecular weight is 399 g/mol. The molecule has 0 atom stereocenters. The van der Waals surface area contributed by atoms with Gasteiger partial charge in [-0.15, -0.1) is 0 Å². The molecule has 10 heteroatoms. The van der Waals surface area contributed by atoms with E-state index in [1.165, 1.54) is 50.6 Å².